The number of rotatable bonds is 1. The molecule has 0 aromatic heterocycles. The Bertz CT molecular complexity index is 322. The van der Waals surface area contributed by atoms with E-state index in [0.29, 0.717) is 11.8 Å². The third-order valence-electron chi connectivity index (χ3n) is 3.64. The van der Waals surface area contributed by atoms with E-state index in [2.05, 4.69) is 44.7 Å². The normalized spacial score (nSPS) is 38.6. The molecule has 2 aliphatic rings. The Kier molecular flexibility index (Phi) is 2.59. The van der Waals surface area contributed by atoms with E-state index in [1.54, 1.807) is 0 Å². The summed E-state index contributed by atoms with van der Waals surface area (Å²) in [5, 5.41) is 0. The third-order valence-corrected chi connectivity index (χ3v) is 3.64. The maximum atomic E-state index is 6.15. The number of ether oxygens (including phenoxy) is 1. The molecule has 82 valence electrons. The number of fused-ring (bicyclic) bond motifs is 2. The average molecular weight is 204 g/mol. The lowest BCUT2D eigenvalue weighted by Crippen LogP contribution is -2.47. The standard InChI is InChI=1S/C14H20O/c1-5-6-13-12-9-11(8-7-10(12)2)14(3,4)15-13/h5-8,11-13H,2,9H2,1,3-4H3/b6-5+/t11-,12-,13+/m0/s1. The van der Waals surface area contributed by atoms with E-state index in [0.717, 1.165) is 0 Å². The van der Waals surface area contributed by atoms with Crippen LogP contribution in [0.4, 0.5) is 0 Å². The minimum Gasteiger partial charge on any atom is -0.367 e. The van der Waals surface area contributed by atoms with Gasteiger partial charge in [0, 0.05) is 11.8 Å². The SMILES string of the molecule is C=C1C=C[C@H]2C[C@@H]1[C@@H](/C=C/C)OC2(C)C. The van der Waals surface area contributed by atoms with E-state index in [1.165, 1.54) is 12.0 Å². The zero-order chi connectivity index (χ0) is 11.1. The van der Waals surface area contributed by atoms with Crippen LogP contribution in [0.3, 0.4) is 0 Å². The summed E-state index contributed by atoms with van der Waals surface area (Å²) in [6, 6.07) is 0. The Balaban J connectivity index is 2.31. The summed E-state index contributed by atoms with van der Waals surface area (Å²) < 4.78 is 6.15. The van der Waals surface area contributed by atoms with Crippen LogP contribution in [0.1, 0.15) is 27.2 Å². The summed E-state index contributed by atoms with van der Waals surface area (Å²) in [4.78, 5) is 0. The zero-order valence-corrected chi connectivity index (χ0v) is 9.86. The lowest BCUT2D eigenvalue weighted by molar-refractivity contribution is -0.131. The Morgan fingerprint density at radius 2 is 2.27 bits per heavy atom. The van der Waals surface area contributed by atoms with Crippen molar-refractivity contribution >= 4 is 0 Å². The quantitative estimate of drug-likeness (QED) is 0.594. The van der Waals surface area contributed by atoms with Crippen LogP contribution >= 0.6 is 0 Å². The molecule has 0 radical (unpaired) electrons. The van der Waals surface area contributed by atoms with Crippen LogP contribution in [0.2, 0.25) is 0 Å². The average Bonchev–Trinajstić information content (AvgIpc) is 2.16. The van der Waals surface area contributed by atoms with E-state index in [4.69, 9.17) is 4.74 Å². The van der Waals surface area contributed by atoms with Gasteiger partial charge in [-0.3, -0.25) is 0 Å². The van der Waals surface area contributed by atoms with Crippen LogP contribution in [0.25, 0.3) is 0 Å². The van der Waals surface area contributed by atoms with E-state index in [1.807, 2.05) is 6.92 Å². The Morgan fingerprint density at radius 1 is 1.53 bits per heavy atom. The van der Waals surface area contributed by atoms with Crippen molar-refractivity contribution < 1.29 is 4.74 Å². The molecular weight excluding hydrogens is 184 g/mol. The number of hydrogen-bond donors (Lipinski definition) is 0. The van der Waals surface area contributed by atoms with Gasteiger partial charge in [-0.2, -0.15) is 0 Å². The summed E-state index contributed by atoms with van der Waals surface area (Å²) in [7, 11) is 0. The first-order valence-electron chi connectivity index (χ1n) is 5.72. The highest BCUT2D eigenvalue weighted by Gasteiger charge is 2.43. The molecule has 0 saturated carbocycles. The topological polar surface area (TPSA) is 9.23 Å². The second kappa shape index (κ2) is 3.64. The summed E-state index contributed by atoms with van der Waals surface area (Å²) >= 11 is 0. The molecule has 0 amide bonds. The first kappa shape index (κ1) is 10.7. The molecule has 1 heterocycles. The molecule has 2 rings (SSSR count). The molecule has 0 spiro atoms. The maximum Gasteiger partial charge on any atom is 0.0831 e. The molecule has 1 heteroatoms. The maximum absolute atomic E-state index is 6.15. The summed E-state index contributed by atoms with van der Waals surface area (Å²) in [6.07, 6.45) is 10.1. The van der Waals surface area contributed by atoms with Gasteiger partial charge in [-0.25, -0.2) is 0 Å². The fourth-order valence-corrected chi connectivity index (χ4v) is 2.61. The molecule has 1 saturated heterocycles. The Hall–Kier alpha value is -0.820. The monoisotopic (exact) mass is 204 g/mol. The van der Waals surface area contributed by atoms with E-state index in [9.17, 15) is 0 Å². The Labute approximate surface area is 92.5 Å². The van der Waals surface area contributed by atoms with Crippen molar-refractivity contribution in [1.29, 1.82) is 0 Å². The fraction of sp³-hybridized carbons (Fsp3) is 0.571. The third kappa shape index (κ3) is 1.81. The van der Waals surface area contributed by atoms with E-state index in [-0.39, 0.29) is 11.7 Å². The van der Waals surface area contributed by atoms with Crippen molar-refractivity contribution in [2.75, 3.05) is 0 Å². The summed E-state index contributed by atoms with van der Waals surface area (Å²) in [6.45, 7) is 10.5. The minimum atomic E-state index is -0.0438. The van der Waals surface area contributed by atoms with Gasteiger partial charge in [0.1, 0.15) is 0 Å². The van der Waals surface area contributed by atoms with Crippen molar-refractivity contribution in [2.24, 2.45) is 11.8 Å². The molecule has 1 fully saturated rings. The second-order valence-electron chi connectivity index (χ2n) is 5.09. The lowest BCUT2D eigenvalue weighted by Gasteiger charge is -2.47. The first-order valence-corrected chi connectivity index (χ1v) is 5.72. The van der Waals surface area contributed by atoms with Crippen LogP contribution in [-0.4, -0.2) is 11.7 Å². The first-order chi connectivity index (χ1) is 7.04. The fourth-order valence-electron chi connectivity index (χ4n) is 2.61. The van der Waals surface area contributed by atoms with Gasteiger partial charge in [-0.15, -0.1) is 0 Å². The summed E-state index contributed by atoms with van der Waals surface area (Å²) in [5.74, 6) is 1.01. The molecular formula is C14H20O. The molecule has 0 aromatic rings. The van der Waals surface area contributed by atoms with Gasteiger partial charge in [0.25, 0.3) is 0 Å². The van der Waals surface area contributed by atoms with Crippen LogP contribution < -0.4 is 0 Å². The molecule has 1 nitrogen and oxygen atoms in total. The van der Waals surface area contributed by atoms with Crippen molar-refractivity contribution in [3.8, 4) is 0 Å². The molecule has 0 unspecified atom stereocenters. The molecule has 0 aromatic carbocycles. The Morgan fingerprint density at radius 3 is 2.93 bits per heavy atom. The van der Waals surface area contributed by atoms with E-state index < -0.39 is 0 Å². The van der Waals surface area contributed by atoms with Gasteiger partial charge in [0.15, 0.2) is 0 Å². The van der Waals surface area contributed by atoms with Gasteiger partial charge in [0.2, 0.25) is 0 Å². The van der Waals surface area contributed by atoms with Crippen molar-refractivity contribution in [3.63, 3.8) is 0 Å². The highest BCUT2D eigenvalue weighted by atomic mass is 16.5. The zero-order valence-electron chi connectivity index (χ0n) is 9.86. The lowest BCUT2D eigenvalue weighted by atomic mass is 9.71. The van der Waals surface area contributed by atoms with Gasteiger partial charge >= 0.3 is 0 Å². The van der Waals surface area contributed by atoms with Crippen LogP contribution in [-0.2, 0) is 4.74 Å². The van der Waals surface area contributed by atoms with Crippen molar-refractivity contribution in [1.82, 2.24) is 0 Å². The molecule has 2 bridgehead atoms. The van der Waals surface area contributed by atoms with Crippen LogP contribution in [0.15, 0.2) is 36.5 Å². The highest BCUT2D eigenvalue weighted by molar-refractivity contribution is 5.28. The van der Waals surface area contributed by atoms with Crippen LogP contribution in [0, 0.1) is 11.8 Å². The van der Waals surface area contributed by atoms with Gasteiger partial charge < -0.3 is 4.74 Å². The number of hydrogen-bond acceptors (Lipinski definition) is 1. The minimum absolute atomic E-state index is 0.0438. The van der Waals surface area contributed by atoms with Crippen molar-refractivity contribution in [2.45, 2.75) is 38.9 Å². The van der Waals surface area contributed by atoms with Gasteiger partial charge in [0.05, 0.1) is 11.7 Å². The smallest absolute Gasteiger partial charge is 0.0831 e. The molecule has 1 aliphatic heterocycles. The van der Waals surface area contributed by atoms with Crippen LogP contribution in [0.5, 0.6) is 0 Å². The molecule has 3 atom stereocenters. The highest BCUT2D eigenvalue weighted by Crippen LogP contribution is 2.44. The molecule has 0 N–H and O–H groups in total. The number of allylic oxidation sites excluding steroid dienone is 2. The van der Waals surface area contributed by atoms with Gasteiger partial charge in [-0.1, -0.05) is 30.9 Å². The summed E-state index contributed by atoms with van der Waals surface area (Å²) in [5.41, 5.74) is 1.17. The van der Waals surface area contributed by atoms with Gasteiger partial charge in [-0.05, 0) is 32.8 Å². The second-order valence-corrected chi connectivity index (χ2v) is 5.09. The largest absolute Gasteiger partial charge is 0.367 e. The molecule has 15 heavy (non-hydrogen) atoms. The van der Waals surface area contributed by atoms with Crippen molar-refractivity contribution in [3.05, 3.63) is 36.5 Å². The predicted octanol–water partition coefficient (Wildman–Crippen LogP) is 3.49. The molecule has 1 aliphatic carbocycles. The van der Waals surface area contributed by atoms with E-state index >= 15 is 0 Å². The predicted molar refractivity (Wildman–Crippen MR) is 63.6 cm³/mol.